The summed E-state index contributed by atoms with van der Waals surface area (Å²) in [5.74, 6) is -0.000833. The number of hydrogen-bond donors (Lipinski definition) is 1. The minimum absolute atomic E-state index is 0.311. The van der Waals surface area contributed by atoms with Gasteiger partial charge in [0.25, 0.3) is 0 Å². The lowest BCUT2D eigenvalue weighted by molar-refractivity contribution is 0.134. The zero-order chi connectivity index (χ0) is 10.3. The molecule has 1 aliphatic rings. The van der Waals surface area contributed by atoms with E-state index in [9.17, 15) is 4.39 Å². The normalized spacial score (nSPS) is 31.3. The second-order valence-electron chi connectivity index (χ2n) is 3.96. The molecular weight excluding hydrogens is 247 g/mol. The fourth-order valence-corrected chi connectivity index (χ4v) is 2.16. The molecule has 1 fully saturated rings. The highest BCUT2D eigenvalue weighted by Gasteiger charge is 2.44. The van der Waals surface area contributed by atoms with Crippen LogP contribution in [0, 0.1) is 11.7 Å². The Kier molecular flexibility index (Phi) is 2.35. The summed E-state index contributed by atoms with van der Waals surface area (Å²) in [6.07, 6.45) is 3.46. The van der Waals surface area contributed by atoms with Gasteiger partial charge in [-0.1, -0.05) is 6.92 Å². The highest BCUT2D eigenvalue weighted by atomic mass is 79.9. The molecule has 0 spiro atoms. The molecule has 0 aromatic carbocycles. The molecular formula is C10H12BrFN2. The van der Waals surface area contributed by atoms with Crippen molar-refractivity contribution >= 4 is 15.9 Å². The Morgan fingerprint density at radius 1 is 1.71 bits per heavy atom. The Balaban J connectivity index is 2.41. The number of aromatic nitrogens is 1. The van der Waals surface area contributed by atoms with Gasteiger partial charge in [0.15, 0.2) is 0 Å². The van der Waals surface area contributed by atoms with E-state index in [1.165, 1.54) is 6.07 Å². The van der Waals surface area contributed by atoms with Gasteiger partial charge < -0.3 is 5.73 Å². The van der Waals surface area contributed by atoms with Crippen molar-refractivity contribution in [1.82, 2.24) is 4.98 Å². The quantitative estimate of drug-likeness (QED) is 0.841. The predicted octanol–water partition coefficient (Wildman–Crippen LogP) is 2.57. The van der Waals surface area contributed by atoms with Gasteiger partial charge in [-0.3, -0.25) is 4.98 Å². The van der Waals surface area contributed by atoms with Crippen LogP contribution in [0.15, 0.2) is 16.7 Å². The van der Waals surface area contributed by atoms with E-state index in [-0.39, 0.29) is 5.82 Å². The van der Waals surface area contributed by atoms with E-state index in [2.05, 4.69) is 20.9 Å². The summed E-state index contributed by atoms with van der Waals surface area (Å²) >= 11 is 3.17. The highest BCUT2D eigenvalue weighted by molar-refractivity contribution is 9.10. The van der Waals surface area contributed by atoms with Gasteiger partial charge in [0.2, 0.25) is 0 Å². The third kappa shape index (κ3) is 1.37. The van der Waals surface area contributed by atoms with Crippen molar-refractivity contribution in [2.75, 3.05) is 0 Å². The molecule has 0 saturated heterocycles. The van der Waals surface area contributed by atoms with E-state index in [0.29, 0.717) is 16.1 Å². The van der Waals surface area contributed by atoms with Gasteiger partial charge >= 0.3 is 0 Å². The first-order valence-electron chi connectivity index (χ1n) is 4.64. The van der Waals surface area contributed by atoms with E-state index in [4.69, 9.17) is 5.73 Å². The van der Waals surface area contributed by atoms with E-state index < -0.39 is 5.54 Å². The summed E-state index contributed by atoms with van der Waals surface area (Å²) in [4.78, 5) is 4.08. The van der Waals surface area contributed by atoms with Gasteiger partial charge in [-0.05, 0) is 40.8 Å². The van der Waals surface area contributed by atoms with Crippen LogP contribution in [0.5, 0.6) is 0 Å². The van der Waals surface area contributed by atoms with Crippen LogP contribution in [0.3, 0.4) is 0 Å². The summed E-state index contributed by atoms with van der Waals surface area (Å²) in [6, 6.07) is 1.42. The van der Waals surface area contributed by atoms with E-state index >= 15 is 0 Å². The lowest BCUT2D eigenvalue weighted by atomic mass is 9.66. The van der Waals surface area contributed by atoms with Crippen molar-refractivity contribution in [1.29, 1.82) is 0 Å². The second kappa shape index (κ2) is 3.28. The first-order chi connectivity index (χ1) is 6.54. The standard InChI is InChI=1S/C10H12BrFN2/c1-6-2-3-10(6,13)9-8(12)4-7(11)5-14-9/h4-6H,2-3,13H2,1H3. The van der Waals surface area contributed by atoms with Gasteiger partial charge in [-0.25, -0.2) is 4.39 Å². The van der Waals surface area contributed by atoms with E-state index in [0.717, 1.165) is 12.8 Å². The molecule has 0 amide bonds. The first-order valence-corrected chi connectivity index (χ1v) is 5.44. The zero-order valence-electron chi connectivity index (χ0n) is 7.93. The molecule has 0 bridgehead atoms. The van der Waals surface area contributed by atoms with Gasteiger partial charge in [0, 0.05) is 10.7 Å². The molecule has 0 aliphatic heterocycles. The average Bonchev–Trinajstić information content (AvgIpc) is 2.14. The minimum Gasteiger partial charge on any atom is -0.320 e. The third-order valence-electron chi connectivity index (χ3n) is 3.12. The molecule has 1 aromatic heterocycles. The molecule has 2 nitrogen and oxygen atoms in total. The van der Waals surface area contributed by atoms with Crippen molar-refractivity contribution in [3.63, 3.8) is 0 Å². The SMILES string of the molecule is CC1CCC1(N)c1ncc(Br)cc1F. The van der Waals surface area contributed by atoms with E-state index in [1.807, 2.05) is 6.92 Å². The Hall–Kier alpha value is -0.480. The van der Waals surface area contributed by atoms with Crippen molar-refractivity contribution in [3.05, 3.63) is 28.2 Å². The monoisotopic (exact) mass is 258 g/mol. The number of hydrogen-bond acceptors (Lipinski definition) is 2. The Bertz CT molecular complexity index is 369. The average molecular weight is 259 g/mol. The van der Waals surface area contributed by atoms with Gasteiger partial charge in [-0.15, -0.1) is 0 Å². The fraction of sp³-hybridized carbons (Fsp3) is 0.500. The lowest BCUT2D eigenvalue weighted by Gasteiger charge is -2.44. The van der Waals surface area contributed by atoms with Crippen molar-refractivity contribution in [2.24, 2.45) is 11.7 Å². The summed E-state index contributed by atoms with van der Waals surface area (Å²) in [5.41, 5.74) is 5.95. The van der Waals surface area contributed by atoms with Crippen LogP contribution in [0.2, 0.25) is 0 Å². The van der Waals surface area contributed by atoms with E-state index in [1.54, 1.807) is 6.20 Å². The first kappa shape index (κ1) is 10.1. The molecule has 76 valence electrons. The van der Waals surface area contributed by atoms with Crippen LogP contribution in [-0.2, 0) is 5.54 Å². The molecule has 2 unspecified atom stereocenters. The molecule has 2 atom stereocenters. The molecule has 1 heterocycles. The van der Waals surface area contributed by atoms with Crippen molar-refractivity contribution in [2.45, 2.75) is 25.3 Å². The Morgan fingerprint density at radius 3 is 2.86 bits per heavy atom. The summed E-state index contributed by atoms with van der Waals surface area (Å²) < 4.78 is 14.2. The topological polar surface area (TPSA) is 38.9 Å². The van der Waals surface area contributed by atoms with Crippen molar-refractivity contribution in [3.8, 4) is 0 Å². The number of nitrogens with zero attached hydrogens (tertiary/aromatic N) is 1. The largest absolute Gasteiger partial charge is 0.320 e. The molecule has 14 heavy (non-hydrogen) atoms. The number of nitrogens with two attached hydrogens (primary N) is 1. The zero-order valence-corrected chi connectivity index (χ0v) is 9.51. The Labute approximate surface area is 90.8 Å². The molecule has 1 aliphatic carbocycles. The molecule has 1 aromatic rings. The van der Waals surface area contributed by atoms with Crippen LogP contribution in [0.25, 0.3) is 0 Å². The van der Waals surface area contributed by atoms with Crippen LogP contribution in [0.1, 0.15) is 25.5 Å². The molecule has 1 saturated carbocycles. The third-order valence-corrected chi connectivity index (χ3v) is 3.55. The molecule has 2 rings (SSSR count). The second-order valence-corrected chi connectivity index (χ2v) is 4.88. The molecule has 0 radical (unpaired) electrons. The molecule has 2 N–H and O–H groups in total. The predicted molar refractivity (Wildman–Crippen MR) is 56.2 cm³/mol. The maximum atomic E-state index is 13.6. The van der Waals surface area contributed by atoms with Crippen LogP contribution >= 0.6 is 15.9 Å². The number of halogens is 2. The number of pyridine rings is 1. The fourth-order valence-electron chi connectivity index (χ4n) is 1.85. The maximum absolute atomic E-state index is 13.6. The maximum Gasteiger partial charge on any atom is 0.147 e. The highest BCUT2D eigenvalue weighted by Crippen LogP contribution is 2.44. The van der Waals surface area contributed by atoms with Crippen LogP contribution in [0.4, 0.5) is 4.39 Å². The van der Waals surface area contributed by atoms with Gasteiger partial charge in [0.1, 0.15) is 5.82 Å². The minimum atomic E-state index is -0.551. The summed E-state index contributed by atoms with van der Waals surface area (Å²) in [6.45, 7) is 2.03. The lowest BCUT2D eigenvalue weighted by Crippen LogP contribution is -2.51. The van der Waals surface area contributed by atoms with Crippen molar-refractivity contribution < 1.29 is 4.39 Å². The summed E-state index contributed by atoms with van der Waals surface area (Å²) in [7, 11) is 0. The summed E-state index contributed by atoms with van der Waals surface area (Å²) in [5, 5.41) is 0. The van der Waals surface area contributed by atoms with Crippen LogP contribution in [-0.4, -0.2) is 4.98 Å². The molecule has 4 heteroatoms. The Morgan fingerprint density at radius 2 is 2.43 bits per heavy atom. The number of rotatable bonds is 1. The van der Waals surface area contributed by atoms with Gasteiger partial charge in [0.05, 0.1) is 11.2 Å². The smallest absolute Gasteiger partial charge is 0.147 e. The van der Waals surface area contributed by atoms with Gasteiger partial charge in [-0.2, -0.15) is 0 Å². The van der Waals surface area contributed by atoms with Crippen LogP contribution < -0.4 is 5.73 Å².